The van der Waals surface area contributed by atoms with Crippen molar-refractivity contribution in [3.05, 3.63) is 66.2 Å². The van der Waals surface area contributed by atoms with Crippen LogP contribution in [0.1, 0.15) is 11.5 Å². The predicted octanol–water partition coefficient (Wildman–Crippen LogP) is 2.20. The Labute approximate surface area is 116 Å². The lowest BCUT2D eigenvalue weighted by Gasteiger charge is -2.07. The average molecular weight is 264 g/mol. The molecule has 4 nitrogen and oxygen atoms in total. The lowest BCUT2D eigenvalue weighted by Crippen LogP contribution is -2.22. The molecule has 2 aromatic carbocycles. The van der Waals surface area contributed by atoms with Gasteiger partial charge in [0.25, 0.3) is 5.91 Å². The molecule has 1 aliphatic heterocycles. The number of rotatable bonds is 2. The summed E-state index contributed by atoms with van der Waals surface area (Å²) in [5.41, 5.74) is 1.67. The van der Waals surface area contributed by atoms with Crippen LogP contribution in [0.3, 0.4) is 0 Å². The summed E-state index contributed by atoms with van der Waals surface area (Å²) in [7, 11) is 0. The van der Waals surface area contributed by atoms with Crippen molar-refractivity contribution < 1.29 is 9.59 Å². The normalized spacial score (nSPS) is 20.2. The van der Waals surface area contributed by atoms with Crippen LogP contribution in [0.5, 0.6) is 0 Å². The number of benzene rings is 2. The van der Waals surface area contributed by atoms with Crippen molar-refractivity contribution in [1.29, 1.82) is 0 Å². The van der Waals surface area contributed by atoms with E-state index in [-0.39, 0.29) is 11.6 Å². The number of hydrogen-bond donors (Lipinski definition) is 1. The molecule has 1 heterocycles. The van der Waals surface area contributed by atoms with Crippen molar-refractivity contribution in [3.8, 4) is 0 Å². The fourth-order valence-electron chi connectivity index (χ4n) is 2.22. The summed E-state index contributed by atoms with van der Waals surface area (Å²) in [6.07, 6.45) is 0. The lowest BCUT2D eigenvalue weighted by atomic mass is 9.96. The van der Waals surface area contributed by atoms with E-state index in [0.717, 1.165) is 5.56 Å². The van der Waals surface area contributed by atoms with Gasteiger partial charge in [-0.2, -0.15) is 0 Å². The minimum atomic E-state index is -0.635. The number of hydrogen-bond acceptors (Lipinski definition) is 3. The minimum Gasteiger partial charge on any atom is -0.290 e. The first-order valence-electron chi connectivity index (χ1n) is 6.29. The first-order valence-corrected chi connectivity index (χ1v) is 6.29. The maximum Gasteiger partial charge on any atom is 0.273 e. The summed E-state index contributed by atoms with van der Waals surface area (Å²) < 4.78 is 0. The van der Waals surface area contributed by atoms with Crippen molar-refractivity contribution in [2.45, 2.75) is 5.92 Å². The standard InChI is InChI=1S/C16H12N2O2/c19-15-13(11-7-3-1-4-8-11)14(16(20)18-15)17-12-9-5-2-6-10-12/h1-10,13H,(H,18,19,20). The van der Waals surface area contributed by atoms with Crippen molar-refractivity contribution in [2.24, 2.45) is 4.99 Å². The monoisotopic (exact) mass is 264 g/mol. The van der Waals surface area contributed by atoms with Gasteiger partial charge in [-0.1, -0.05) is 48.5 Å². The predicted molar refractivity (Wildman–Crippen MR) is 75.9 cm³/mol. The SMILES string of the molecule is O=C1NC(=O)C(c2ccccc2)C1=Nc1ccccc1. The maximum absolute atomic E-state index is 12.0. The molecule has 4 heteroatoms. The number of carbonyl (C=O) groups is 2. The molecule has 0 radical (unpaired) electrons. The summed E-state index contributed by atoms with van der Waals surface area (Å²) in [5, 5.41) is 2.33. The number of imide groups is 1. The lowest BCUT2D eigenvalue weighted by molar-refractivity contribution is -0.124. The number of para-hydroxylation sites is 1. The van der Waals surface area contributed by atoms with E-state index in [1.807, 2.05) is 48.5 Å². The number of nitrogens with zero attached hydrogens (tertiary/aromatic N) is 1. The van der Waals surface area contributed by atoms with Gasteiger partial charge in [-0.3, -0.25) is 14.9 Å². The Morgan fingerprint density at radius 2 is 1.45 bits per heavy atom. The molecule has 0 bridgehead atoms. The molecule has 1 aliphatic rings. The van der Waals surface area contributed by atoms with Gasteiger partial charge in [0, 0.05) is 0 Å². The summed E-state index contributed by atoms with van der Waals surface area (Å²) in [5.74, 6) is -1.38. The largest absolute Gasteiger partial charge is 0.290 e. The summed E-state index contributed by atoms with van der Waals surface area (Å²) in [6, 6.07) is 18.3. The van der Waals surface area contributed by atoms with Gasteiger partial charge in [-0.15, -0.1) is 0 Å². The molecule has 1 atom stereocenters. The molecule has 0 spiro atoms. The molecular formula is C16H12N2O2. The number of amides is 2. The summed E-state index contributed by atoms with van der Waals surface area (Å²) in [4.78, 5) is 28.2. The zero-order valence-corrected chi connectivity index (χ0v) is 10.6. The van der Waals surface area contributed by atoms with E-state index in [9.17, 15) is 9.59 Å². The van der Waals surface area contributed by atoms with Crippen LogP contribution in [-0.4, -0.2) is 17.5 Å². The van der Waals surface area contributed by atoms with E-state index < -0.39 is 11.8 Å². The van der Waals surface area contributed by atoms with Gasteiger partial charge in [0.1, 0.15) is 11.6 Å². The minimum absolute atomic E-state index is 0.243. The van der Waals surface area contributed by atoms with E-state index >= 15 is 0 Å². The zero-order chi connectivity index (χ0) is 13.9. The highest BCUT2D eigenvalue weighted by atomic mass is 16.2. The third-order valence-electron chi connectivity index (χ3n) is 3.14. The summed E-state index contributed by atoms with van der Waals surface area (Å²) >= 11 is 0. The smallest absolute Gasteiger partial charge is 0.273 e. The highest BCUT2D eigenvalue weighted by molar-refractivity contribution is 6.52. The van der Waals surface area contributed by atoms with Gasteiger partial charge in [-0.25, -0.2) is 4.99 Å². The van der Waals surface area contributed by atoms with Crippen molar-refractivity contribution in [2.75, 3.05) is 0 Å². The van der Waals surface area contributed by atoms with Gasteiger partial charge in [0.05, 0.1) is 5.69 Å². The van der Waals surface area contributed by atoms with Gasteiger partial charge in [-0.05, 0) is 17.7 Å². The Bertz CT molecular complexity index is 678. The average Bonchev–Trinajstić information content (AvgIpc) is 2.75. The van der Waals surface area contributed by atoms with Crippen molar-refractivity contribution >= 4 is 23.2 Å². The fraction of sp³-hybridized carbons (Fsp3) is 0.0625. The Kier molecular flexibility index (Phi) is 3.13. The van der Waals surface area contributed by atoms with Crippen LogP contribution >= 0.6 is 0 Å². The third-order valence-corrected chi connectivity index (χ3v) is 3.14. The molecule has 0 aliphatic carbocycles. The van der Waals surface area contributed by atoms with Crippen LogP contribution in [-0.2, 0) is 9.59 Å². The molecule has 2 amide bonds. The van der Waals surface area contributed by atoms with Gasteiger partial charge >= 0.3 is 0 Å². The van der Waals surface area contributed by atoms with E-state index in [1.54, 1.807) is 12.1 Å². The maximum atomic E-state index is 12.0. The molecule has 0 aromatic heterocycles. The second-order valence-electron chi connectivity index (χ2n) is 4.49. The molecule has 98 valence electrons. The highest BCUT2D eigenvalue weighted by Gasteiger charge is 2.38. The first-order chi connectivity index (χ1) is 9.75. The highest BCUT2D eigenvalue weighted by Crippen LogP contribution is 2.25. The number of nitrogens with one attached hydrogen (secondary N) is 1. The topological polar surface area (TPSA) is 58.5 Å². The molecule has 1 fully saturated rings. The Morgan fingerprint density at radius 1 is 0.850 bits per heavy atom. The van der Waals surface area contributed by atoms with E-state index in [1.165, 1.54) is 0 Å². The van der Waals surface area contributed by atoms with Crippen LogP contribution in [0.25, 0.3) is 0 Å². The van der Waals surface area contributed by atoms with E-state index in [0.29, 0.717) is 5.69 Å². The fourth-order valence-corrected chi connectivity index (χ4v) is 2.22. The Morgan fingerprint density at radius 3 is 2.10 bits per heavy atom. The molecule has 1 unspecified atom stereocenters. The van der Waals surface area contributed by atoms with Gasteiger partial charge in [0.2, 0.25) is 5.91 Å². The molecular weight excluding hydrogens is 252 g/mol. The van der Waals surface area contributed by atoms with Crippen molar-refractivity contribution in [1.82, 2.24) is 5.32 Å². The van der Waals surface area contributed by atoms with Crippen molar-refractivity contribution in [3.63, 3.8) is 0 Å². The van der Waals surface area contributed by atoms with Crippen LogP contribution < -0.4 is 5.32 Å². The number of aliphatic imine (C=N–C) groups is 1. The van der Waals surface area contributed by atoms with Crippen LogP contribution in [0.4, 0.5) is 5.69 Å². The second kappa shape index (κ2) is 5.09. The molecule has 20 heavy (non-hydrogen) atoms. The van der Waals surface area contributed by atoms with Gasteiger partial charge < -0.3 is 0 Å². The quantitative estimate of drug-likeness (QED) is 0.845. The van der Waals surface area contributed by atoms with Crippen LogP contribution in [0.2, 0.25) is 0 Å². The van der Waals surface area contributed by atoms with Crippen LogP contribution in [0, 0.1) is 0 Å². The second-order valence-corrected chi connectivity index (χ2v) is 4.49. The molecule has 2 aromatic rings. The first kappa shape index (κ1) is 12.3. The molecule has 1 saturated heterocycles. The van der Waals surface area contributed by atoms with E-state index in [2.05, 4.69) is 10.3 Å². The Balaban J connectivity index is 2.05. The number of carbonyl (C=O) groups excluding carboxylic acids is 2. The molecule has 0 saturated carbocycles. The molecule has 1 N–H and O–H groups in total. The molecule has 3 rings (SSSR count). The Hall–Kier alpha value is -2.75. The summed E-state index contributed by atoms with van der Waals surface area (Å²) in [6.45, 7) is 0. The zero-order valence-electron chi connectivity index (χ0n) is 10.6. The third kappa shape index (κ3) is 2.23. The van der Waals surface area contributed by atoms with E-state index in [4.69, 9.17) is 0 Å². The van der Waals surface area contributed by atoms with Crippen LogP contribution in [0.15, 0.2) is 65.7 Å². The van der Waals surface area contributed by atoms with Gasteiger partial charge in [0.15, 0.2) is 0 Å².